The fraction of sp³-hybridized carbons (Fsp3) is 0. The monoisotopic (exact) mass is 830 g/mol. The van der Waals surface area contributed by atoms with E-state index in [1.165, 1.54) is 42.1 Å². The minimum Gasteiger partial charge on any atom is -0.310 e. The second-order valence-electron chi connectivity index (χ2n) is 15.6. The van der Waals surface area contributed by atoms with Gasteiger partial charge < -0.3 is 9.80 Å². The van der Waals surface area contributed by atoms with E-state index >= 15 is 0 Å². The Hall–Kier alpha value is -7.43. The molecule has 0 aliphatic heterocycles. The average molecular weight is 831 g/mol. The Morgan fingerprint density at radius 2 is 0.742 bits per heavy atom. The normalized spacial score (nSPS) is 11.3. The first-order valence-corrected chi connectivity index (χ1v) is 22.0. The van der Waals surface area contributed by atoms with Gasteiger partial charge in [-0.3, -0.25) is 0 Å². The van der Waals surface area contributed by atoms with E-state index in [1.54, 1.807) is 0 Å². The number of hydrogen-bond donors (Lipinski definition) is 0. The molecular weight excluding hydrogens is 792 g/mol. The van der Waals surface area contributed by atoms with Gasteiger partial charge in [-0.15, -0.1) is 11.3 Å². The molecule has 0 aliphatic carbocycles. The largest absolute Gasteiger partial charge is 0.310 e. The van der Waals surface area contributed by atoms with Gasteiger partial charge >= 0.3 is 0 Å². The molecule has 62 heavy (non-hydrogen) atoms. The zero-order valence-corrected chi connectivity index (χ0v) is 35.3. The Balaban J connectivity index is 1.18. The second-order valence-corrected chi connectivity index (χ2v) is 17.1. The van der Waals surface area contributed by atoms with Gasteiger partial charge in [-0.25, -0.2) is 0 Å². The molecule has 0 spiro atoms. The Bertz CT molecular complexity index is 3330. The molecule has 0 bridgehead atoms. The zero-order chi connectivity index (χ0) is 41.4. The fourth-order valence-corrected chi connectivity index (χ4v) is 9.95. The summed E-state index contributed by atoms with van der Waals surface area (Å²) in [5, 5.41) is 5.54. The van der Waals surface area contributed by atoms with Gasteiger partial charge in [0.25, 0.3) is 0 Å². The molecule has 0 aliphatic rings. The van der Waals surface area contributed by atoms with E-state index in [2.05, 4.69) is 246 Å². The van der Waals surface area contributed by atoms with Crippen LogP contribution in [0.2, 0.25) is 5.02 Å². The number of thiophene rings is 1. The van der Waals surface area contributed by atoms with E-state index < -0.39 is 0 Å². The number of nitrogens with zero attached hydrogens (tertiary/aromatic N) is 2. The lowest BCUT2D eigenvalue weighted by molar-refractivity contribution is 1.25. The summed E-state index contributed by atoms with van der Waals surface area (Å²) >= 11 is 8.98. The number of para-hydroxylation sites is 2. The lowest BCUT2D eigenvalue weighted by atomic mass is 9.98. The molecule has 11 rings (SSSR count). The molecule has 0 N–H and O–H groups in total. The van der Waals surface area contributed by atoms with Gasteiger partial charge in [-0.1, -0.05) is 151 Å². The van der Waals surface area contributed by atoms with Crippen LogP contribution in [0.15, 0.2) is 237 Å². The number of hydrogen-bond acceptors (Lipinski definition) is 3. The SMILES string of the molecule is Clc1cc(-c2ccccc2)cc(N(c2cc(-c3ccc4ccccc4c3)cc(N(c3ccccc3)c3ccccc3)c2)c2ccc3sc4ccc(-c5ccccc5)cc4c3c2)c1. The van der Waals surface area contributed by atoms with Crippen molar-refractivity contribution in [2.45, 2.75) is 0 Å². The minimum atomic E-state index is 0.669. The summed E-state index contributed by atoms with van der Waals surface area (Å²) in [6.07, 6.45) is 0. The second kappa shape index (κ2) is 16.2. The van der Waals surface area contributed by atoms with Crippen LogP contribution in [0.25, 0.3) is 64.3 Å². The van der Waals surface area contributed by atoms with Crippen molar-refractivity contribution in [2.24, 2.45) is 0 Å². The smallest absolute Gasteiger partial charge is 0.0488 e. The van der Waals surface area contributed by atoms with Crippen LogP contribution in [-0.2, 0) is 0 Å². The average Bonchev–Trinajstić information content (AvgIpc) is 3.70. The van der Waals surface area contributed by atoms with E-state index in [-0.39, 0.29) is 0 Å². The topological polar surface area (TPSA) is 6.48 Å². The molecule has 1 aromatic heterocycles. The van der Waals surface area contributed by atoms with Crippen molar-refractivity contribution in [2.75, 3.05) is 9.80 Å². The third kappa shape index (κ3) is 7.28. The molecule has 0 atom stereocenters. The fourth-order valence-electron chi connectivity index (χ4n) is 8.65. The molecule has 0 saturated heterocycles. The molecule has 10 aromatic carbocycles. The highest BCUT2D eigenvalue weighted by atomic mass is 35.5. The highest BCUT2D eigenvalue weighted by Gasteiger charge is 2.21. The highest BCUT2D eigenvalue weighted by Crippen LogP contribution is 2.46. The summed E-state index contributed by atoms with van der Waals surface area (Å²) in [5.41, 5.74) is 13.0. The summed E-state index contributed by atoms with van der Waals surface area (Å²) in [7, 11) is 0. The molecule has 11 aromatic rings. The highest BCUT2D eigenvalue weighted by molar-refractivity contribution is 7.25. The van der Waals surface area contributed by atoms with E-state index in [4.69, 9.17) is 11.6 Å². The molecule has 2 nitrogen and oxygen atoms in total. The van der Waals surface area contributed by atoms with Crippen molar-refractivity contribution in [1.29, 1.82) is 0 Å². The number of anilines is 6. The maximum absolute atomic E-state index is 7.14. The lowest BCUT2D eigenvalue weighted by Crippen LogP contribution is -2.13. The first-order valence-electron chi connectivity index (χ1n) is 20.8. The summed E-state index contributed by atoms with van der Waals surface area (Å²) in [6, 6.07) is 84.9. The molecule has 0 saturated carbocycles. The van der Waals surface area contributed by atoms with Gasteiger partial charge in [0, 0.05) is 59.3 Å². The van der Waals surface area contributed by atoms with Gasteiger partial charge in [0.2, 0.25) is 0 Å². The van der Waals surface area contributed by atoms with Gasteiger partial charge in [0.1, 0.15) is 0 Å². The first-order chi connectivity index (χ1) is 30.6. The number of benzene rings is 10. The van der Waals surface area contributed by atoms with Crippen LogP contribution < -0.4 is 9.80 Å². The predicted molar refractivity (Wildman–Crippen MR) is 268 cm³/mol. The van der Waals surface area contributed by atoms with E-state index in [1.807, 2.05) is 11.3 Å². The molecule has 1 heterocycles. The Kier molecular flexibility index (Phi) is 9.82. The van der Waals surface area contributed by atoms with Gasteiger partial charge in [0.15, 0.2) is 0 Å². The van der Waals surface area contributed by atoms with Crippen molar-refractivity contribution in [3.63, 3.8) is 0 Å². The molecule has 294 valence electrons. The number of rotatable bonds is 9. The summed E-state index contributed by atoms with van der Waals surface area (Å²) in [4.78, 5) is 4.73. The van der Waals surface area contributed by atoms with E-state index in [0.29, 0.717) is 5.02 Å². The maximum atomic E-state index is 7.14. The molecule has 0 fully saturated rings. The molecule has 0 radical (unpaired) electrons. The van der Waals surface area contributed by atoms with Crippen molar-refractivity contribution >= 4 is 88.0 Å². The van der Waals surface area contributed by atoms with Crippen molar-refractivity contribution in [1.82, 2.24) is 0 Å². The van der Waals surface area contributed by atoms with Crippen LogP contribution in [-0.4, -0.2) is 0 Å². The van der Waals surface area contributed by atoms with Crippen molar-refractivity contribution < 1.29 is 0 Å². The van der Waals surface area contributed by atoms with Crippen LogP contribution in [0.1, 0.15) is 0 Å². The summed E-state index contributed by atoms with van der Waals surface area (Å²) in [5.74, 6) is 0. The Morgan fingerprint density at radius 1 is 0.274 bits per heavy atom. The minimum absolute atomic E-state index is 0.669. The van der Waals surface area contributed by atoms with Gasteiger partial charge in [-0.05, 0) is 141 Å². The van der Waals surface area contributed by atoms with Crippen LogP contribution in [0, 0.1) is 0 Å². The van der Waals surface area contributed by atoms with Crippen LogP contribution >= 0.6 is 22.9 Å². The zero-order valence-electron chi connectivity index (χ0n) is 33.7. The quantitative estimate of drug-likeness (QED) is 0.143. The molecule has 4 heteroatoms. The predicted octanol–water partition coefficient (Wildman–Crippen LogP) is 17.8. The standard InChI is InChI=1S/C58H39ClN2S/c59-48-32-46(41-17-7-2-8-18-41)33-52(37-48)61(51-28-30-58-56(39-51)55-36-45(27-29-57(55)62-58)40-15-5-1-6-16-40)54-35-47(44-26-25-42-19-13-14-20-43(42)31-44)34-53(38-54)60(49-21-9-3-10-22-49)50-23-11-4-12-24-50/h1-39H. The van der Waals surface area contributed by atoms with E-state index in [0.717, 1.165) is 56.4 Å². The van der Waals surface area contributed by atoms with Crippen LogP contribution in [0.3, 0.4) is 0 Å². The third-order valence-electron chi connectivity index (χ3n) is 11.6. The molecular formula is C58H39ClN2S. The van der Waals surface area contributed by atoms with Crippen molar-refractivity contribution in [3.05, 3.63) is 242 Å². The van der Waals surface area contributed by atoms with Crippen LogP contribution in [0.5, 0.6) is 0 Å². The molecule has 0 amide bonds. The van der Waals surface area contributed by atoms with Gasteiger partial charge in [0.05, 0.1) is 0 Å². The van der Waals surface area contributed by atoms with Gasteiger partial charge in [-0.2, -0.15) is 0 Å². The Labute approximate surface area is 370 Å². The van der Waals surface area contributed by atoms with Crippen LogP contribution in [0.4, 0.5) is 34.1 Å². The summed E-state index contributed by atoms with van der Waals surface area (Å²) in [6.45, 7) is 0. The van der Waals surface area contributed by atoms with Crippen molar-refractivity contribution in [3.8, 4) is 33.4 Å². The number of halogens is 1. The summed E-state index contributed by atoms with van der Waals surface area (Å²) < 4.78 is 2.51. The number of fused-ring (bicyclic) bond motifs is 4. The van der Waals surface area contributed by atoms with E-state index in [9.17, 15) is 0 Å². The maximum Gasteiger partial charge on any atom is 0.0488 e. The Morgan fingerprint density at radius 3 is 1.39 bits per heavy atom. The first kappa shape index (κ1) is 37.6. The third-order valence-corrected chi connectivity index (χ3v) is 13.0. The molecule has 0 unspecified atom stereocenters. The lowest BCUT2D eigenvalue weighted by Gasteiger charge is -2.30.